The Morgan fingerprint density at radius 2 is 1.80 bits per heavy atom. The SMILES string of the molecule is CC(=O)S[C@@H]1CC2=CC(=O)CC[C@]2(C)[C@H]2CC[C@@]3(C)[C@@H](CC[C@@]34CCC(=O)O4)[C@H]12.[KH]. The number of allylic oxidation sites excluding steroid dienone is 1. The van der Waals surface area contributed by atoms with Crippen molar-refractivity contribution in [1.29, 1.82) is 0 Å². The van der Waals surface area contributed by atoms with Crippen LogP contribution in [0.3, 0.4) is 0 Å². The van der Waals surface area contributed by atoms with E-state index in [1.165, 1.54) is 17.3 Å². The van der Waals surface area contributed by atoms with Gasteiger partial charge in [-0.15, -0.1) is 0 Å². The van der Waals surface area contributed by atoms with Crippen LogP contribution in [0.25, 0.3) is 0 Å². The summed E-state index contributed by atoms with van der Waals surface area (Å²) in [6.45, 7) is 6.42. The van der Waals surface area contributed by atoms with Crippen molar-refractivity contribution < 1.29 is 19.1 Å². The number of ether oxygens (including phenoxy) is 1. The molecule has 1 aliphatic heterocycles. The molecule has 7 atom stereocenters. The predicted octanol–water partition coefficient (Wildman–Crippen LogP) is 4.20. The second kappa shape index (κ2) is 8.09. The van der Waals surface area contributed by atoms with Crippen LogP contribution < -0.4 is 0 Å². The van der Waals surface area contributed by atoms with Crippen LogP contribution in [-0.4, -0.2) is 79.1 Å². The van der Waals surface area contributed by atoms with Gasteiger partial charge < -0.3 is 4.74 Å². The summed E-state index contributed by atoms with van der Waals surface area (Å²) in [5.74, 6) is 1.67. The van der Waals surface area contributed by atoms with Crippen molar-refractivity contribution in [3.63, 3.8) is 0 Å². The van der Waals surface area contributed by atoms with Crippen LogP contribution in [0.1, 0.15) is 78.6 Å². The molecule has 30 heavy (non-hydrogen) atoms. The van der Waals surface area contributed by atoms with Gasteiger partial charge in [-0.3, -0.25) is 14.4 Å². The number of thioether (sulfide) groups is 1. The molecule has 4 aliphatic carbocycles. The summed E-state index contributed by atoms with van der Waals surface area (Å²) in [5, 5.41) is 0.409. The maximum absolute atomic E-state index is 12.2. The molecule has 160 valence electrons. The van der Waals surface area contributed by atoms with Gasteiger partial charge in [0.25, 0.3) is 0 Å². The van der Waals surface area contributed by atoms with E-state index in [1.807, 2.05) is 6.08 Å². The van der Waals surface area contributed by atoms with Gasteiger partial charge in [0.05, 0.1) is 0 Å². The summed E-state index contributed by atoms with van der Waals surface area (Å²) in [4.78, 5) is 36.4. The van der Waals surface area contributed by atoms with Gasteiger partial charge in [0, 0.05) is 30.4 Å². The number of carbonyl (C=O) groups excluding carboxylic acids is 3. The fraction of sp³-hybridized carbons (Fsp3) is 0.792. The number of hydrogen-bond donors (Lipinski definition) is 0. The Morgan fingerprint density at radius 1 is 1.07 bits per heavy atom. The molecule has 1 heterocycles. The Kier molecular flexibility index (Phi) is 6.38. The first-order chi connectivity index (χ1) is 13.7. The average molecular weight is 457 g/mol. The zero-order chi connectivity index (χ0) is 20.6. The fourth-order valence-electron chi connectivity index (χ4n) is 8.13. The monoisotopic (exact) mass is 456 g/mol. The molecule has 0 aromatic carbocycles. The molecule has 0 unspecified atom stereocenters. The van der Waals surface area contributed by atoms with E-state index < -0.39 is 0 Å². The summed E-state index contributed by atoms with van der Waals surface area (Å²) >= 11 is 1.50. The summed E-state index contributed by atoms with van der Waals surface area (Å²) in [6.07, 6.45) is 10.0. The minimum absolute atomic E-state index is 0. The minimum atomic E-state index is -0.287. The average Bonchev–Trinajstić information content (AvgIpc) is 3.17. The standard InChI is InChI=1S/C24H32O4S.K.H/c1-14(25)29-19-13-15-12-16(26)4-8-22(15,2)17-5-9-23(3)18(21(17)19)6-10-24(23)11-7-20(27)28-24;;/h12,17-19,21H,4-11,13H2,1-3H3;;/t17-,18-,19+,21+,22-,23-,24+;;/m0../s1. The van der Waals surface area contributed by atoms with E-state index in [2.05, 4.69) is 13.8 Å². The van der Waals surface area contributed by atoms with E-state index in [4.69, 9.17) is 4.74 Å². The molecule has 4 fully saturated rings. The number of carbonyl (C=O) groups is 3. The van der Waals surface area contributed by atoms with Gasteiger partial charge in [-0.05, 0) is 74.2 Å². The summed E-state index contributed by atoms with van der Waals surface area (Å²) in [6, 6.07) is 0. The van der Waals surface area contributed by atoms with Crippen molar-refractivity contribution in [2.75, 3.05) is 0 Å². The van der Waals surface area contributed by atoms with Crippen molar-refractivity contribution in [1.82, 2.24) is 0 Å². The Labute approximate surface area is 226 Å². The maximum atomic E-state index is 12.2. The van der Waals surface area contributed by atoms with E-state index in [1.54, 1.807) is 6.92 Å². The van der Waals surface area contributed by atoms with Crippen molar-refractivity contribution in [2.24, 2.45) is 28.6 Å². The van der Waals surface area contributed by atoms with Crippen LogP contribution in [0.4, 0.5) is 0 Å². The van der Waals surface area contributed by atoms with Crippen molar-refractivity contribution in [3.8, 4) is 0 Å². The molecular formula is C24H33KO4S. The number of rotatable bonds is 1. The summed E-state index contributed by atoms with van der Waals surface area (Å²) in [5.41, 5.74) is 1.09. The number of ketones is 1. The Balaban J connectivity index is 0.00000218. The van der Waals surface area contributed by atoms with Crippen LogP contribution in [0.2, 0.25) is 0 Å². The third-order valence-electron chi connectivity index (χ3n) is 9.61. The fourth-order valence-corrected chi connectivity index (χ4v) is 9.36. The molecule has 3 saturated carbocycles. The van der Waals surface area contributed by atoms with Gasteiger partial charge in [-0.2, -0.15) is 0 Å². The van der Waals surface area contributed by atoms with Gasteiger partial charge in [-0.1, -0.05) is 31.2 Å². The van der Waals surface area contributed by atoms with Gasteiger partial charge in [0.1, 0.15) is 5.60 Å². The first-order valence-electron chi connectivity index (χ1n) is 11.3. The van der Waals surface area contributed by atoms with Crippen molar-refractivity contribution >= 4 is 80.0 Å². The van der Waals surface area contributed by atoms with Crippen LogP contribution in [-0.2, 0) is 19.1 Å². The van der Waals surface area contributed by atoms with E-state index >= 15 is 0 Å². The Bertz CT molecular complexity index is 824. The predicted molar refractivity (Wildman–Crippen MR) is 119 cm³/mol. The molecule has 5 aliphatic rings. The number of fused-ring (bicyclic) bond motifs is 6. The topological polar surface area (TPSA) is 60.4 Å². The number of hydrogen-bond acceptors (Lipinski definition) is 5. The first kappa shape index (κ1) is 23.7. The van der Waals surface area contributed by atoms with Gasteiger partial charge in [-0.25, -0.2) is 0 Å². The van der Waals surface area contributed by atoms with Crippen molar-refractivity contribution in [3.05, 3.63) is 11.6 Å². The van der Waals surface area contributed by atoms with Gasteiger partial charge in [0.15, 0.2) is 10.9 Å². The summed E-state index contributed by atoms with van der Waals surface area (Å²) in [7, 11) is 0. The molecule has 0 bridgehead atoms. The molecule has 4 nitrogen and oxygen atoms in total. The number of esters is 1. The van der Waals surface area contributed by atoms with E-state index in [9.17, 15) is 14.4 Å². The third-order valence-corrected chi connectivity index (χ3v) is 10.7. The molecule has 0 radical (unpaired) electrons. The zero-order valence-electron chi connectivity index (χ0n) is 17.8. The van der Waals surface area contributed by atoms with Gasteiger partial charge in [0.2, 0.25) is 0 Å². The second-order valence-corrected chi connectivity index (χ2v) is 12.1. The summed E-state index contributed by atoms with van der Waals surface area (Å²) < 4.78 is 6.06. The third kappa shape index (κ3) is 3.34. The molecule has 1 spiro atoms. The second-order valence-electron chi connectivity index (χ2n) is 10.7. The van der Waals surface area contributed by atoms with E-state index in [0.717, 1.165) is 44.9 Å². The molecule has 0 amide bonds. The molecule has 6 heteroatoms. The molecule has 1 saturated heterocycles. The van der Waals surface area contributed by atoms with Crippen LogP contribution in [0.15, 0.2) is 11.6 Å². The quantitative estimate of drug-likeness (QED) is 0.437. The van der Waals surface area contributed by atoms with Crippen LogP contribution in [0.5, 0.6) is 0 Å². The normalized spacial score (nSPS) is 47.0. The Morgan fingerprint density at radius 3 is 2.47 bits per heavy atom. The molecule has 0 aromatic rings. The van der Waals surface area contributed by atoms with E-state index in [-0.39, 0.29) is 89.9 Å². The molecule has 0 N–H and O–H groups in total. The first-order valence-corrected chi connectivity index (χ1v) is 12.2. The van der Waals surface area contributed by atoms with Crippen LogP contribution in [0, 0.1) is 28.6 Å². The van der Waals surface area contributed by atoms with Gasteiger partial charge >= 0.3 is 57.4 Å². The van der Waals surface area contributed by atoms with Crippen molar-refractivity contribution in [2.45, 2.75) is 89.4 Å². The molecule has 5 rings (SSSR count). The van der Waals surface area contributed by atoms with E-state index in [0.29, 0.717) is 30.6 Å². The molecule has 0 aromatic heterocycles. The van der Waals surface area contributed by atoms with Crippen LogP contribution >= 0.6 is 11.8 Å². The Hall–Kier alpha value is 0.536. The molecular weight excluding hydrogens is 423 g/mol. The zero-order valence-corrected chi connectivity index (χ0v) is 18.6.